The van der Waals surface area contributed by atoms with E-state index in [1.807, 2.05) is 11.9 Å². The van der Waals surface area contributed by atoms with Crippen molar-refractivity contribution in [2.24, 2.45) is 5.41 Å². The normalized spacial score (nSPS) is 18.8. The zero-order valence-corrected chi connectivity index (χ0v) is 12.3. The lowest BCUT2D eigenvalue weighted by Crippen LogP contribution is -2.37. The summed E-state index contributed by atoms with van der Waals surface area (Å²) < 4.78 is 14.1. The number of hydrogen-bond donors (Lipinski definition) is 1. The summed E-state index contributed by atoms with van der Waals surface area (Å²) in [6, 6.07) is 4.46. The molecule has 1 N–H and O–H groups in total. The Bertz CT molecular complexity index is 503. The summed E-state index contributed by atoms with van der Waals surface area (Å²) in [5, 5.41) is 8.86. The maximum absolute atomic E-state index is 14.1. The Hall–Kier alpha value is -1.58. The highest BCUT2D eigenvalue weighted by atomic mass is 19.1. The summed E-state index contributed by atoms with van der Waals surface area (Å²) >= 11 is 0. The van der Waals surface area contributed by atoms with Crippen molar-refractivity contribution in [2.75, 3.05) is 11.9 Å². The fraction of sp³-hybridized carbons (Fsp3) is 0.562. The Morgan fingerprint density at radius 2 is 1.95 bits per heavy atom. The summed E-state index contributed by atoms with van der Waals surface area (Å²) in [6.07, 6.45) is 4.36. The van der Waals surface area contributed by atoms with Crippen LogP contribution in [-0.2, 0) is 0 Å². The maximum atomic E-state index is 14.1. The first kappa shape index (κ1) is 14.8. The number of nitrogens with zero attached hydrogens (tertiary/aromatic N) is 1. The smallest absolute Gasteiger partial charge is 0.335 e. The molecule has 0 saturated heterocycles. The van der Waals surface area contributed by atoms with Gasteiger partial charge in [0.15, 0.2) is 0 Å². The highest BCUT2D eigenvalue weighted by molar-refractivity contribution is 5.88. The molecular formula is C16H22FNO2. The average Bonchev–Trinajstić information content (AvgIpc) is 2.37. The lowest BCUT2D eigenvalue weighted by atomic mass is 9.75. The summed E-state index contributed by atoms with van der Waals surface area (Å²) in [6.45, 7) is 4.54. The molecule has 2 rings (SSSR count). The minimum atomic E-state index is -1.10. The van der Waals surface area contributed by atoms with Gasteiger partial charge in [-0.2, -0.15) is 0 Å². The number of rotatable bonds is 3. The van der Waals surface area contributed by atoms with Crippen LogP contribution in [0, 0.1) is 11.2 Å². The largest absolute Gasteiger partial charge is 0.478 e. The van der Waals surface area contributed by atoms with Gasteiger partial charge in [-0.1, -0.05) is 13.8 Å². The van der Waals surface area contributed by atoms with Crippen molar-refractivity contribution in [1.29, 1.82) is 0 Å². The number of carboxylic acids is 1. The van der Waals surface area contributed by atoms with Gasteiger partial charge in [0.2, 0.25) is 0 Å². The summed E-state index contributed by atoms with van der Waals surface area (Å²) in [5.41, 5.74) is 0.854. The van der Waals surface area contributed by atoms with Crippen LogP contribution in [0.15, 0.2) is 18.2 Å². The standard InChI is InChI=1S/C16H22FNO2/c1-16(2)8-6-12(7-9-16)18(3)14-5-4-11(15(19)20)10-13(14)17/h4-5,10,12H,6-9H2,1-3H3,(H,19,20). The van der Waals surface area contributed by atoms with Crippen LogP contribution >= 0.6 is 0 Å². The topological polar surface area (TPSA) is 40.5 Å². The van der Waals surface area contributed by atoms with Gasteiger partial charge in [-0.05, 0) is 49.3 Å². The molecule has 1 aromatic carbocycles. The van der Waals surface area contributed by atoms with Crippen LogP contribution in [0.3, 0.4) is 0 Å². The van der Waals surface area contributed by atoms with Crippen molar-refractivity contribution in [1.82, 2.24) is 0 Å². The minimum absolute atomic E-state index is 0.00979. The monoisotopic (exact) mass is 279 g/mol. The number of carbonyl (C=O) groups is 1. The lowest BCUT2D eigenvalue weighted by molar-refractivity contribution is 0.0696. The van der Waals surface area contributed by atoms with Crippen LogP contribution in [0.2, 0.25) is 0 Å². The van der Waals surface area contributed by atoms with Gasteiger partial charge >= 0.3 is 5.97 Å². The van der Waals surface area contributed by atoms with E-state index in [1.165, 1.54) is 6.07 Å². The number of halogens is 1. The Kier molecular flexibility index (Phi) is 4.02. The zero-order chi connectivity index (χ0) is 14.9. The third kappa shape index (κ3) is 3.11. The molecule has 0 bridgehead atoms. The summed E-state index contributed by atoms with van der Waals surface area (Å²) in [7, 11) is 1.89. The second-order valence-corrected chi connectivity index (χ2v) is 6.48. The van der Waals surface area contributed by atoms with Crippen LogP contribution < -0.4 is 4.90 Å². The van der Waals surface area contributed by atoms with Gasteiger partial charge in [-0.3, -0.25) is 0 Å². The van der Waals surface area contributed by atoms with E-state index in [2.05, 4.69) is 13.8 Å². The zero-order valence-electron chi connectivity index (χ0n) is 12.3. The van der Waals surface area contributed by atoms with Crippen molar-refractivity contribution >= 4 is 11.7 Å². The molecule has 3 nitrogen and oxygen atoms in total. The lowest BCUT2D eigenvalue weighted by Gasteiger charge is -2.39. The average molecular weight is 279 g/mol. The molecule has 4 heteroatoms. The predicted molar refractivity (Wildman–Crippen MR) is 77.8 cm³/mol. The summed E-state index contributed by atoms with van der Waals surface area (Å²) in [5.74, 6) is -1.56. The van der Waals surface area contributed by atoms with E-state index < -0.39 is 11.8 Å². The SMILES string of the molecule is CN(c1ccc(C(=O)O)cc1F)C1CCC(C)(C)CC1. The van der Waals surface area contributed by atoms with Gasteiger partial charge < -0.3 is 10.0 Å². The van der Waals surface area contributed by atoms with Gasteiger partial charge in [0.1, 0.15) is 5.82 Å². The quantitative estimate of drug-likeness (QED) is 0.911. The van der Waals surface area contributed by atoms with E-state index in [1.54, 1.807) is 6.07 Å². The maximum Gasteiger partial charge on any atom is 0.335 e. The first-order valence-electron chi connectivity index (χ1n) is 7.06. The fourth-order valence-electron chi connectivity index (χ4n) is 2.89. The first-order valence-corrected chi connectivity index (χ1v) is 7.06. The Labute approximate surface area is 119 Å². The van der Waals surface area contributed by atoms with E-state index >= 15 is 0 Å². The molecule has 20 heavy (non-hydrogen) atoms. The van der Waals surface area contributed by atoms with Gasteiger partial charge in [-0.25, -0.2) is 9.18 Å². The molecule has 1 aliphatic rings. The van der Waals surface area contributed by atoms with Crippen molar-refractivity contribution < 1.29 is 14.3 Å². The number of carboxylic acid groups (broad SMARTS) is 1. The molecule has 0 radical (unpaired) electrons. The molecule has 1 aromatic rings. The van der Waals surface area contributed by atoms with Crippen LogP contribution in [0.25, 0.3) is 0 Å². The predicted octanol–water partition coefficient (Wildman–Crippen LogP) is 3.93. The molecule has 1 saturated carbocycles. The number of hydrogen-bond acceptors (Lipinski definition) is 2. The van der Waals surface area contributed by atoms with Crippen LogP contribution in [-0.4, -0.2) is 24.2 Å². The minimum Gasteiger partial charge on any atom is -0.478 e. The fourth-order valence-corrected chi connectivity index (χ4v) is 2.89. The second kappa shape index (κ2) is 5.43. The molecule has 0 spiro atoms. The van der Waals surface area contributed by atoms with Crippen molar-refractivity contribution in [3.8, 4) is 0 Å². The molecule has 110 valence electrons. The van der Waals surface area contributed by atoms with Crippen LogP contribution in [0.1, 0.15) is 49.9 Å². The Morgan fingerprint density at radius 1 is 1.35 bits per heavy atom. The van der Waals surface area contributed by atoms with E-state index in [0.29, 0.717) is 17.1 Å². The molecule has 0 aromatic heterocycles. The van der Waals surface area contributed by atoms with Crippen molar-refractivity contribution in [3.05, 3.63) is 29.6 Å². The molecule has 0 atom stereocenters. The van der Waals surface area contributed by atoms with Gasteiger partial charge in [-0.15, -0.1) is 0 Å². The van der Waals surface area contributed by atoms with E-state index in [9.17, 15) is 9.18 Å². The van der Waals surface area contributed by atoms with Crippen LogP contribution in [0.5, 0.6) is 0 Å². The van der Waals surface area contributed by atoms with E-state index in [4.69, 9.17) is 5.11 Å². The van der Waals surface area contributed by atoms with Crippen molar-refractivity contribution in [2.45, 2.75) is 45.6 Å². The molecule has 1 fully saturated rings. The highest BCUT2D eigenvalue weighted by Gasteiger charge is 2.29. The Balaban J connectivity index is 2.13. The molecule has 0 amide bonds. The molecule has 0 unspecified atom stereocenters. The number of aromatic carboxylic acids is 1. The van der Waals surface area contributed by atoms with E-state index in [0.717, 1.165) is 31.7 Å². The molecular weight excluding hydrogens is 257 g/mol. The first-order chi connectivity index (χ1) is 9.30. The van der Waals surface area contributed by atoms with Gasteiger partial charge in [0.25, 0.3) is 0 Å². The van der Waals surface area contributed by atoms with E-state index in [-0.39, 0.29) is 5.56 Å². The highest BCUT2D eigenvalue weighted by Crippen LogP contribution is 2.38. The Morgan fingerprint density at radius 3 is 2.45 bits per heavy atom. The molecule has 0 aliphatic heterocycles. The summed E-state index contributed by atoms with van der Waals surface area (Å²) in [4.78, 5) is 12.8. The van der Waals surface area contributed by atoms with Crippen molar-refractivity contribution in [3.63, 3.8) is 0 Å². The van der Waals surface area contributed by atoms with Gasteiger partial charge in [0, 0.05) is 13.1 Å². The third-order valence-corrected chi connectivity index (χ3v) is 4.43. The van der Waals surface area contributed by atoms with Crippen LogP contribution in [0.4, 0.5) is 10.1 Å². The van der Waals surface area contributed by atoms with Gasteiger partial charge in [0.05, 0.1) is 11.3 Å². The molecule has 1 aliphatic carbocycles. The molecule has 0 heterocycles. The number of benzene rings is 1. The number of anilines is 1. The third-order valence-electron chi connectivity index (χ3n) is 4.43. The second-order valence-electron chi connectivity index (χ2n) is 6.48.